The lowest BCUT2D eigenvalue weighted by Gasteiger charge is -2.23. The van der Waals surface area contributed by atoms with E-state index in [-0.39, 0.29) is 6.42 Å². The standard InChI is InChI=1S/C21H22ClNO5/c1-4-6-17(24)27-21-20(25)23-15-10-9-12(2)11-14(15)19(28-21)13-7-5-8-16(26-3)18(13)22/h5,7-11,19,21H,4,6H2,1-3H3,(H,23,25). The second-order valence-electron chi connectivity index (χ2n) is 6.53. The van der Waals surface area contributed by atoms with Crippen LogP contribution in [-0.4, -0.2) is 25.3 Å². The Balaban J connectivity index is 2.08. The van der Waals surface area contributed by atoms with Crippen LogP contribution in [0.3, 0.4) is 0 Å². The third kappa shape index (κ3) is 4.13. The summed E-state index contributed by atoms with van der Waals surface area (Å²) in [5.74, 6) is -0.559. The van der Waals surface area contributed by atoms with Gasteiger partial charge in [-0.2, -0.15) is 0 Å². The van der Waals surface area contributed by atoms with Gasteiger partial charge in [-0.05, 0) is 25.5 Å². The second-order valence-corrected chi connectivity index (χ2v) is 6.91. The Hall–Kier alpha value is -2.57. The van der Waals surface area contributed by atoms with Crippen molar-refractivity contribution in [3.05, 3.63) is 58.1 Å². The number of anilines is 1. The number of nitrogens with one attached hydrogen (secondary N) is 1. The lowest BCUT2D eigenvalue weighted by Crippen LogP contribution is -2.34. The number of benzene rings is 2. The molecule has 2 atom stereocenters. The van der Waals surface area contributed by atoms with E-state index in [1.54, 1.807) is 24.3 Å². The highest BCUT2D eigenvalue weighted by Gasteiger charge is 2.35. The maximum atomic E-state index is 12.6. The van der Waals surface area contributed by atoms with Crippen LogP contribution in [0.15, 0.2) is 36.4 Å². The second kappa shape index (κ2) is 8.63. The number of hydrogen-bond acceptors (Lipinski definition) is 5. The van der Waals surface area contributed by atoms with Crippen molar-refractivity contribution in [1.29, 1.82) is 0 Å². The molecular formula is C21H22ClNO5. The highest BCUT2D eigenvalue weighted by molar-refractivity contribution is 6.33. The molecule has 1 amide bonds. The molecule has 28 heavy (non-hydrogen) atoms. The van der Waals surface area contributed by atoms with Gasteiger partial charge in [-0.1, -0.05) is 48.4 Å². The molecule has 1 N–H and O–H groups in total. The summed E-state index contributed by atoms with van der Waals surface area (Å²) in [6.07, 6.45) is -1.31. The van der Waals surface area contributed by atoms with E-state index >= 15 is 0 Å². The minimum Gasteiger partial charge on any atom is -0.495 e. The smallest absolute Gasteiger partial charge is 0.308 e. The van der Waals surface area contributed by atoms with E-state index in [9.17, 15) is 9.59 Å². The van der Waals surface area contributed by atoms with Crippen molar-refractivity contribution in [2.75, 3.05) is 12.4 Å². The molecule has 0 fully saturated rings. The van der Waals surface area contributed by atoms with Crippen LogP contribution in [0.4, 0.5) is 5.69 Å². The normalized spacial score (nSPS) is 18.6. The summed E-state index contributed by atoms with van der Waals surface area (Å²) < 4.78 is 16.6. The van der Waals surface area contributed by atoms with Gasteiger partial charge in [-0.3, -0.25) is 9.59 Å². The number of rotatable bonds is 5. The number of fused-ring (bicyclic) bond motifs is 1. The molecule has 1 aliphatic rings. The topological polar surface area (TPSA) is 73.9 Å². The van der Waals surface area contributed by atoms with Crippen LogP contribution < -0.4 is 10.1 Å². The Morgan fingerprint density at radius 3 is 2.75 bits per heavy atom. The molecule has 6 nitrogen and oxygen atoms in total. The van der Waals surface area contributed by atoms with Gasteiger partial charge in [0.05, 0.1) is 12.1 Å². The van der Waals surface area contributed by atoms with Crippen LogP contribution in [0.5, 0.6) is 5.75 Å². The largest absolute Gasteiger partial charge is 0.495 e. The van der Waals surface area contributed by atoms with Gasteiger partial charge in [0.15, 0.2) is 0 Å². The third-order valence-corrected chi connectivity index (χ3v) is 4.81. The van der Waals surface area contributed by atoms with Gasteiger partial charge in [0.1, 0.15) is 11.9 Å². The number of halogens is 1. The molecule has 3 rings (SSSR count). The molecule has 148 valence electrons. The van der Waals surface area contributed by atoms with E-state index in [1.807, 2.05) is 26.0 Å². The Morgan fingerprint density at radius 1 is 1.25 bits per heavy atom. The highest BCUT2D eigenvalue weighted by atomic mass is 35.5. The molecule has 1 heterocycles. The third-order valence-electron chi connectivity index (χ3n) is 4.41. The van der Waals surface area contributed by atoms with Gasteiger partial charge in [0.25, 0.3) is 12.2 Å². The van der Waals surface area contributed by atoms with E-state index in [0.29, 0.717) is 28.4 Å². The average molecular weight is 404 g/mol. The first-order chi connectivity index (χ1) is 13.4. The maximum absolute atomic E-state index is 12.6. The molecule has 1 aliphatic heterocycles. The fraction of sp³-hybridized carbons (Fsp3) is 0.333. The monoisotopic (exact) mass is 403 g/mol. The van der Waals surface area contributed by atoms with E-state index in [2.05, 4.69) is 5.32 Å². The summed E-state index contributed by atoms with van der Waals surface area (Å²) in [5.41, 5.74) is 2.90. The summed E-state index contributed by atoms with van der Waals surface area (Å²) in [4.78, 5) is 24.6. The average Bonchev–Trinajstić information content (AvgIpc) is 2.79. The molecule has 0 radical (unpaired) electrons. The van der Waals surface area contributed by atoms with Crippen LogP contribution in [0.2, 0.25) is 5.02 Å². The van der Waals surface area contributed by atoms with Crippen molar-refractivity contribution in [3.63, 3.8) is 0 Å². The van der Waals surface area contributed by atoms with E-state index in [0.717, 1.165) is 11.1 Å². The van der Waals surface area contributed by atoms with E-state index < -0.39 is 24.3 Å². The summed E-state index contributed by atoms with van der Waals surface area (Å²) >= 11 is 6.52. The van der Waals surface area contributed by atoms with Crippen LogP contribution in [0.25, 0.3) is 0 Å². The van der Waals surface area contributed by atoms with Gasteiger partial charge in [-0.25, -0.2) is 0 Å². The fourth-order valence-corrected chi connectivity index (χ4v) is 3.36. The molecule has 2 unspecified atom stereocenters. The molecule has 0 bridgehead atoms. The lowest BCUT2D eigenvalue weighted by atomic mass is 9.97. The van der Waals surface area contributed by atoms with Crippen LogP contribution in [0.1, 0.15) is 42.6 Å². The predicted molar refractivity (Wildman–Crippen MR) is 106 cm³/mol. The minimum absolute atomic E-state index is 0.198. The molecule has 0 aliphatic carbocycles. The van der Waals surface area contributed by atoms with Gasteiger partial charge in [0, 0.05) is 23.2 Å². The Bertz CT molecular complexity index is 898. The molecule has 0 aromatic heterocycles. The van der Waals surface area contributed by atoms with Crippen LogP contribution >= 0.6 is 11.6 Å². The van der Waals surface area contributed by atoms with Crippen molar-refractivity contribution in [2.45, 2.75) is 39.1 Å². The molecule has 2 aromatic rings. The zero-order valence-corrected chi connectivity index (χ0v) is 16.7. The van der Waals surface area contributed by atoms with Gasteiger partial charge >= 0.3 is 5.97 Å². The number of hydrogen-bond donors (Lipinski definition) is 1. The fourth-order valence-electron chi connectivity index (χ4n) is 3.06. The summed E-state index contributed by atoms with van der Waals surface area (Å²) in [5, 5.41) is 3.15. The van der Waals surface area contributed by atoms with Crippen LogP contribution in [-0.2, 0) is 19.1 Å². The van der Waals surface area contributed by atoms with Crippen molar-refractivity contribution in [3.8, 4) is 5.75 Å². The SMILES string of the molecule is CCCC(=O)OC1OC(c2cccc(OC)c2Cl)c2cc(C)ccc2NC1=O. The zero-order chi connectivity index (χ0) is 20.3. The van der Waals surface area contributed by atoms with Crippen molar-refractivity contribution in [1.82, 2.24) is 0 Å². The molecule has 7 heteroatoms. The lowest BCUT2D eigenvalue weighted by molar-refractivity contribution is -0.189. The Labute approximate surface area is 168 Å². The zero-order valence-electron chi connectivity index (χ0n) is 16.0. The number of aryl methyl sites for hydroxylation is 1. The molecule has 0 saturated heterocycles. The van der Waals surface area contributed by atoms with E-state index in [1.165, 1.54) is 7.11 Å². The Morgan fingerprint density at radius 2 is 2.04 bits per heavy atom. The maximum Gasteiger partial charge on any atom is 0.308 e. The molecule has 2 aromatic carbocycles. The first-order valence-electron chi connectivity index (χ1n) is 9.03. The predicted octanol–water partition coefficient (Wildman–Crippen LogP) is 4.38. The first-order valence-corrected chi connectivity index (χ1v) is 9.41. The molecule has 0 saturated carbocycles. The summed E-state index contributed by atoms with van der Waals surface area (Å²) in [6.45, 7) is 3.79. The van der Waals surface area contributed by atoms with Crippen molar-refractivity contribution in [2.24, 2.45) is 0 Å². The number of carbonyl (C=O) groups excluding carboxylic acids is 2. The first kappa shape index (κ1) is 20.2. The Kier molecular flexibility index (Phi) is 6.21. The number of ether oxygens (including phenoxy) is 3. The molecular weight excluding hydrogens is 382 g/mol. The van der Waals surface area contributed by atoms with Crippen molar-refractivity contribution < 1.29 is 23.8 Å². The van der Waals surface area contributed by atoms with Gasteiger partial charge in [-0.15, -0.1) is 0 Å². The van der Waals surface area contributed by atoms with Crippen LogP contribution in [0, 0.1) is 6.92 Å². The van der Waals surface area contributed by atoms with Gasteiger partial charge in [0.2, 0.25) is 0 Å². The molecule has 0 spiro atoms. The number of amides is 1. The number of esters is 1. The quantitative estimate of drug-likeness (QED) is 0.749. The number of carbonyl (C=O) groups is 2. The summed E-state index contributed by atoms with van der Waals surface area (Å²) in [6, 6.07) is 10.9. The minimum atomic E-state index is -1.39. The van der Waals surface area contributed by atoms with Gasteiger partial charge < -0.3 is 19.5 Å². The van der Waals surface area contributed by atoms with Crippen molar-refractivity contribution >= 4 is 29.2 Å². The highest BCUT2D eigenvalue weighted by Crippen LogP contribution is 2.41. The number of methoxy groups -OCH3 is 1. The van der Waals surface area contributed by atoms with E-state index in [4.69, 9.17) is 25.8 Å². The summed E-state index contributed by atoms with van der Waals surface area (Å²) in [7, 11) is 1.53.